The van der Waals surface area contributed by atoms with Gasteiger partial charge in [0, 0.05) is 16.7 Å². The Hall–Kier alpha value is -0.900. The number of aromatic nitrogens is 1. The number of nitrogens with zero attached hydrogens (tertiary/aromatic N) is 1. The van der Waals surface area contributed by atoms with E-state index >= 15 is 0 Å². The van der Waals surface area contributed by atoms with Gasteiger partial charge in [0.2, 0.25) is 0 Å². The van der Waals surface area contributed by atoms with Crippen molar-refractivity contribution in [3.63, 3.8) is 0 Å². The standard InChI is InChI=1S/C15H19BrN2O/c1-9(12-8-10-4-5-11(12)7-10)18-15(19)14-13(16)3-2-6-17-14/h2-3,6,9-12H,4-5,7-8H2,1H3,(H,18,19). The van der Waals surface area contributed by atoms with Crippen molar-refractivity contribution in [3.8, 4) is 0 Å². The number of hydrogen-bond donors (Lipinski definition) is 1. The normalized spacial score (nSPS) is 30.3. The molecule has 2 bridgehead atoms. The minimum absolute atomic E-state index is 0.0669. The number of pyridine rings is 1. The van der Waals surface area contributed by atoms with Crippen molar-refractivity contribution in [2.24, 2.45) is 17.8 Å². The van der Waals surface area contributed by atoms with E-state index in [0.29, 0.717) is 11.6 Å². The molecule has 1 heterocycles. The fraction of sp³-hybridized carbons (Fsp3) is 0.600. The van der Waals surface area contributed by atoms with E-state index in [1.807, 2.05) is 12.1 Å². The third-order valence-corrected chi connectivity index (χ3v) is 5.41. The predicted molar refractivity (Wildman–Crippen MR) is 77.8 cm³/mol. The van der Waals surface area contributed by atoms with Gasteiger partial charge < -0.3 is 5.32 Å². The maximum absolute atomic E-state index is 12.2. The van der Waals surface area contributed by atoms with Crippen LogP contribution in [-0.4, -0.2) is 16.9 Å². The van der Waals surface area contributed by atoms with E-state index in [4.69, 9.17) is 0 Å². The Morgan fingerprint density at radius 3 is 2.95 bits per heavy atom. The lowest BCUT2D eigenvalue weighted by Crippen LogP contribution is -2.40. The lowest BCUT2D eigenvalue weighted by atomic mass is 9.84. The topological polar surface area (TPSA) is 42.0 Å². The molecule has 0 radical (unpaired) electrons. The average Bonchev–Trinajstić information content (AvgIpc) is 3.01. The summed E-state index contributed by atoms with van der Waals surface area (Å²) < 4.78 is 0.757. The zero-order valence-corrected chi connectivity index (χ0v) is 12.7. The Bertz CT molecular complexity index is 491. The summed E-state index contributed by atoms with van der Waals surface area (Å²) in [5.74, 6) is 2.33. The van der Waals surface area contributed by atoms with E-state index in [0.717, 1.165) is 16.3 Å². The molecule has 2 aliphatic rings. The smallest absolute Gasteiger partial charge is 0.271 e. The van der Waals surface area contributed by atoms with E-state index in [-0.39, 0.29) is 11.9 Å². The first-order chi connectivity index (χ1) is 9.15. The molecule has 4 unspecified atom stereocenters. The summed E-state index contributed by atoms with van der Waals surface area (Å²) in [6.45, 7) is 2.14. The zero-order chi connectivity index (χ0) is 13.4. The number of halogens is 1. The Kier molecular flexibility index (Phi) is 3.61. The summed E-state index contributed by atoms with van der Waals surface area (Å²) in [4.78, 5) is 16.4. The Morgan fingerprint density at radius 2 is 2.32 bits per heavy atom. The van der Waals surface area contributed by atoms with Crippen molar-refractivity contribution >= 4 is 21.8 Å². The molecule has 1 N–H and O–H groups in total. The van der Waals surface area contributed by atoms with Gasteiger partial charge in [-0.25, -0.2) is 4.98 Å². The van der Waals surface area contributed by atoms with Crippen LogP contribution in [-0.2, 0) is 0 Å². The number of carbonyl (C=O) groups excluding carboxylic acids is 1. The highest BCUT2D eigenvalue weighted by Crippen LogP contribution is 2.49. The van der Waals surface area contributed by atoms with Crippen molar-refractivity contribution < 1.29 is 4.79 Å². The molecule has 102 valence electrons. The van der Waals surface area contributed by atoms with Gasteiger partial charge in [0.15, 0.2) is 0 Å². The third-order valence-electron chi connectivity index (χ3n) is 4.77. The van der Waals surface area contributed by atoms with Gasteiger partial charge in [-0.1, -0.05) is 6.42 Å². The van der Waals surface area contributed by atoms with E-state index in [9.17, 15) is 4.79 Å². The van der Waals surface area contributed by atoms with Gasteiger partial charge in [-0.05, 0) is 72.0 Å². The quantitative estimate of drug-likeness (QED) is 0.926. The molecule has 19 heavy (non-hydrogen) atoms. The van der Waals surface area contributed by atoms with Gasteiger partial charge in [-0.15, -0.1) is 0 Å². The molecule has 3 rings (SSSR count). The molecular formula is C15H19BrN2O. The number of carbonyl (C=O) groups is 1. The summed E-state index contributed by atoms with van der Waals surface area (Å²) in [5.41, 5.74) is 0.484. The van der Waals surface area contributed by atoms with Crippen LogP contribution in [0.1, 0.15) is 43.1 Å². The highest BCUT2D eigenvalue weighted by Gasteiger charge is 2.42. The van der Waals surface area contributed by atoms with Crippen LogP contribution < -0.4 is 5.32 Å². The highest BCUT2D eigenvalue weighted by molar-refractivity contribution is 9.10. The zero-order valence-electron chi connectivity index (χ0n) is 11.1. The number of amides is 1. The second-order valence-corrected chi connectivity index (χ2v) is 6.79. The minimum atomic E-state index is -0.0669. The molecule has 0 aliphatic heterocycles. The lowest BCUT2D eigenvalue weighted by molar-refractivity contribution is 0.0909. The predicted octanol–water partition coefficient (Wildman–Crippen LogP) is 3.40. The Balaban J connectivity index is 1.65. The van der Waals surface area contributed by atoms with E-state index in [1.54, 1.807) is 6.20 Å². The fourth-order valence-electron chi connectivity index (χ4n) is 3.84. The van der Waals surface area contributed by atoms with Crippen LogP contribution in [0.15, 0.2) is 22.8 Å². The molecule has 1 aromatic heterocycles. The molecule has 0 saturated heterocycles. The molecule has 2 fully saturated rings. The average molecular weight is 323 g/mol. The summed E-state index contributed by atoms with van der Waals surface area (Å²) in [7, 11) is 0. The summed E-state index contributed by atoms with van der Waals surface area (Å²) >= 11 is 3.38. The number of nitrogens with one attached hydrogen (secondary N) is 1. The molecule has 0 spiro atoms. The molecule has 1 amide bonds. The molecule has 2 aliphatic carbocycles. The van der Waals surface area contributed by atoms with Crippen molar-refractivity contribution in [2.75, 3.05) is 0 Å². The Labute approximate surface area is 122 Å². The summed E-state index contributed by atoms with van der Waals surface area (Å²) in [6, 6.07) is 3.92. The van der Waals surface area contributed by atoms with Crippen LogP contribution in [0.4, 0.5) is 0 Å². The van der Waals surface area contributed by atoms with Gasteiger partial charge in [-0.3, -0.25) is 4.79 Å². The SMILES string of the molecule is CC(NC(=O)c1ncccc1Br)C1CC2CCC1C2. The first-order valence-electron chi connectivity index (χ1n) is 7.06. The first kappa shape index (κ1) is 13.1. The Morgan fingerprint density at radius 1 is 1.47 bits per heavy atom. The summed E-state index contributed by atoms with van der Waals surface area (Å²) in [6.07, 6.45) is 7.06. The largest absolute Gasteiger partial charge is 0.348 e. The van der Waals surface area contributed by atoms with Crippen LogP contribution in [0.25, 0.3) is 0 Å². The summed E-state index contributed by atoms with van der Waals surface area (Å²) in [5, 5.41) is 3.13. The van der Waals surface area contributed by atoms with Crippen LogP contribution in [0.2, 0.25) is 0 Å². The monoisotopic (exact) mass is 322 g/mol. The van der Waals surface area contributed by atoms with E-state index < -0.39 is 0 Å². The number of rotatable bonds is 3. The van der Waals surface area contributed by atoms with E-state index in [1.165, 1.54) is 25.7 Å². The second-order valence-electron chi connectivity index (χ2n) is 5.93. The van der Waals surface area contributed by atoms with E-state index in [2.05, 4.69) is 33.2 Å². The minimum Gasteiger partial charge on any atom is -0.348 e. The number of hydrogen-bond acceptors (Lipinski definition) is 2. The van der Waals surface area contributed by atoms with Crippen LogP contribution >= 0.6 is 15.9 Å². The fourth-order valence-corrected chi connectivity index (χ4v) is 4.28. The van der Waals surface area contributed by atoms with Crippen LogP contribution in [0.5, 0.6) is 0 Å². The highest BCUT2D eigenvalue weighted by atomic mass is 79.9. The molecule has 0 aromatic carbocycles. The van der Waals surface area contributed by atoms with Crippen LogP contribution in [0.3, 0.4) is 0 Å². The van der Waals surface area contributed by atoms with Crippen molar-refractivity contribution in [1.29, 1.82) is 0 Å². The lowest BCUT2D eigenvalue weighted by Gasteiger charge is -2.28. The van der Waals surface area contributed by atoms with Crippen LogP contribution in [0, 0.1) is 17.8 Å². The van der Waals surface area contributed by atoms with Gasteiger partial charge in [0.25, 0.3) is 5.91 Å². The number of fused-ring (bicyclic) bond motifs is 2. The molecule has 3 nitrogen and oxygen atoms in total. The first-order valence-corrected chi connectivity index (χ1v) is 7.86. The molecular weight excluding hydrogens is 304 g/mol. The molecule has 2 saturated carbocycles. The molecule has 1 aromatic rings. The maximum atomic E-state index is 12.2. The van der Waals surface area contributed by atoms with Crippen molar-refractivity contribution in [3.05, 3.63) is 28.5 Å². The van der Waals surface area contributed by atoms with Gasteiger partial charge in [0.1, 0.15) is 5.69 Å². The second kappa shape index (κ2) is 5.23. The van der Waals surface area contributed by atoms with Gasteiger partial charge >= 0.3 is 0 Å². The third kappa shape index (κ3) is 2.55. The molecule has 4 atom stereocenters. The van der Waals surface area contributed by atoms with Gasteiger partial charge in [-0.2, -0.15) is 0 Å². The molecule has 4 heteroatoms. The van der Waals surface area contributed by atoms with Gasteiger partial charge in [0.05, 0.1) is 0 Å². The van der Waals surface area contributed by atoms with Crippen molar-refractivity contribution in [2.45, 2.75) is 38.6 Å². The van der Waals surface area contributed by atoms with Crippen molar-refractivity contribution in [1.82, 2.24) is 10.3 Å². The maximum Gasteiger partial charge on any atom is 0.271 e.